The number of nitrogen functional groups attached to an aromatic ring is 1. The van der Waals surface area contributed by atoms with Crippen LogP contribution in [0.3, 0.4) is 0 Å². The molecule has 0 aliphatic heterocycles. The summed E-state index contributed by atoms with van der Waals surface area (Å²) in [5.41, 5.74) is 5.50. The van der Waals surface area contributed by atoms with Crippen molar-refractivity contribution in [2.45, 2.75) is 32.7 Å². The number of nitrogens with zero attached hydrogens (tertiary/aromatic N) is 2. The lowest BCUT2D eigenvalue weighted by Crippen LogP contribution is -2.22. The summed E-state index contributed by atoms with van der Waals surface area (Å²) in [5, 5.41) is 4.03. The molecular weight excluding hydrogens is 194 g/mol. The van der Waals surface area contributed by atoms with Gasteiger partial charge in [-0.3, -0.25) is 4.68 Å². The maximum absolute atomic E-state index is 11.6. The molecular formula is C10H17N3O2. The van der Waals surface area contributed by atoms with E-state index in [9.17, 15) is 4.79 Å². The second-order valence-corrected chi connectivity index (χ2v) is 3.28. The standard InChI is InChI=1S/C10H17N3O2/c1-3-5-8(10(14)15-4-2)13-7-6-9(11)12-13/h6-8H,3-5H2,1-2H3,(H2,11,12). The Hall–Kier alpha value is -1.52. The van der Waals surface area contributed by atoms with Gasteiger partial charge in [0.1, 0.15) is 11.9 Å². The van der Waals surface area contributed by atoms with E-state index in [4.69, 9.17) is 10.5 Å². The second-order valence-electron chi connectivity index (χ2n) is 3.28. The Bertz CT molecular complexity index is 322. The molecule has 0 amide bonds. The lowest BCUT2D eigenvalue weighted by molar-refractivity contribution is -0.147. The van der Waals surface area contributed by atoms with E-state index < -0.39 is 0 Å². The van der Waals surface area contributed by atoms with Gasteiger partial charge in [-0.25, -0.2) is 4.79 Å². The smallest absolute Gasteiger partial charge is 0.330 e. The average Bonchev–Trinajstić information content (AvgIpc) is 2.61. The van der Waals surface area contributed by atoms with Gasteiger partial charge < -0.3 is 10.5 Å². The predicted octanol–water partition coefficient (Wildman–Crippen LogP) is 1.37. The molecule has 1 unspecified atom stereocenters. The predicted molar refractivity (Wildman–Crippen MR) is 57.2 cm³/mol. The summed E-state index contributed by atoms with van der Waals surface area (Å²) in [7, 11) is 0. The zero-order chi connectivity index (χ0) is 11.3. The molecule has 84 valence electrons. The summed E-state index contributed by atoms with van der Waals surface area (Å²) >= 11 is 0. The third-order valence-electron chi connectivity index (χ3n) is 2.07. The van der Waals surface area contributed by atoms with Crippen LogP contribution in [0.4, 0.5) is 5.82 Å². The van der Waals surface area contributed by atoms with Gasteiger partial charge in [0.05, 0.1) is 6.61 Å². The number of rotatable bonds is 5. The largest absolute Gasteiger partial charge is 0.464 e. The van der Waals surface area contributed by atoms with Gasteiger partial charge >= 0.3 is 5.97 Å². The Kier molecular flexibility index (Phi) is 4.15. The van der Waals surface area contributed by atoms with E-state index in [1.54, 1.807) is 23.9 Å². The molecule has 0 aromatic carbocycles. The van der Waals surface area contributed by atoms with E-state index in [2.05, 4.69) is 5.10 Å². The highest BCUT2D eigenvalue weighted by Gasteiger charge is 2.21. The van der Waals surface area contributed by atoms with Gasteiger partial charge in [0.2, 0.25) is 0 Å². The van der Waals surface area contributed by atoms with Gasteiger partial charge in [0, 0.05) is 6.20 Å². The van der Waals surface area contributed by atoms with Crippen LogP contribution in [0.2, 0.25) is 0 Å². The summed E-state index contributed by atoms with van der Waals surface area (Å²) in [6, 6.07) is 1.31. The Balaban J connectivity index is 2.77. The van der Waals surface area contributed by atoms with Gasteiger partial charge in [-0.05, 0) is 19.4 Å². The average molecular weight is 211 g/mol. The fraction of sp³-hybridized carbons (Fsp3) is 0.600. The highest BCUT2D eigenvalue weighted by Crippen LogP contribution is 2.15. The van der Waals surface area contributed by atoms with Crippen LogP contribution in [0.5, 0.6) is 0 Å². The van der Waals surface area contributed by atoms with Crippen LogP contribution >= 0.6 is 0 Å². The third kappa shape index (κ3) is 2.97. The minimum Gasteiger partial charge on any atom is -0.464 e. The van der Waals surface area contributed by atoms with Gasteiger partial charge in [0.25, 0.3) is 0 Å². The first-order chi connectivity index (χ1) is 7.19. The molecule has 1 heterocycles. The molecule has 2 N–H and O–H groups in total. The number of esters is 1. The zero-order valence-corrected chi connectivity index (χ0v) is 9.14. The van der Waals surface area contributed by atoms with Crippen molar-refractivity contribution in [3.05, 3.63) is 12.3 Å². The molecule has 1 aromatic heterocycles. The second kappa shape index (κ2) is 5.38. The van der Waals surface area contributed by atoms with Crippen molar-refractivity contribution in [2.24, 2.45) is 0 Å². The molecule has 0 radical (unpaired) electrons. The molecule has 0 aliphatic carbocycles. The number of carbonyl (C=O) groups is 1. The van der Waals surface area contributed by atoms with E-state index >= 15 is 0 Å². The summed E-state index contributed by atoms with van der Waals surface area (Å²) in [6.07, 6.45) is 3.30. The Morgan fingerprint density at radius 2 is 2.40 bits per heavy atom. The van der Waals surface area contributed by atoms with E-state index in [1.165, 1.54) is 0 Å². The Morgan fingerprint density at radius 1 is 1.67 bits per heavy atom. The minimum atomic E-state index is -0.354. The number of carbonyl (C=O) groups excluding carboxylic acids is 1. The molecule has 5 nitrogen and oxygen atoms in total. The van der Waals surface area contributed by atoms with Gasteiger partial charge in [-0.15, -0.1) is 0 Å². The fourth-order valence-corrected chi connectivity index (χ4v) is 1.40. The first-order valence-electron chi connectivity index (χ1n) is 5.16. The number of nitrogens with two attached hydrogens (primary N) is 1. The number of anilines is 1. The normalized spacial score (nSPS) is 12.4. The van der Waals surface area contributed by atoms with Gasteiger partial charge in [0.15, 0.2) is 0 Å². The van der Waals surface area contributed by atoms with E-state index in [0.29, 0.717) is 18.8 Å². The number of aromatic nitrogens is 2. The van der Waals surface area contributed by atoms with Crippen LogP contribution in [-0.4, -0.2) is 22.4 Å². The first kappa shape index (κ1) is 11.6. The number of ether oxygens (including phenoxy) is 1. The molecule has 0 fully saturated rings. The van der Waals surface area contributed by atoms with Crippen molar-refractivity contribution in [3.8, 4) is 0 Å². The molecule has 5 heteroatoms. The summed E-state index contributed by atoms with van der Waals surface area (Å²) in [4.78, 5) is 11.6. The third-order valence-corrected chi connectivity index (χ3v) is 2.07. The number of hydrogen-bond donors (Lipinski definition) is 1. The molecule has 0 bridgehead atoms. The van der Waals surface area contributed by atoms with E-state index in [1.807, 2.05) is 6.92 Å². The molecule has 15 heavy (non-hydrogen) atoms. The van der Waals surface area contributed by atoms with Crippen molar-refractivity contribution in [3.63, 3.8) is 0 Å². The highest BCUT2D eigenvalue weighted by molar-refractivity contribution is 5.74. The van der Waals surface area contributed by atoms with Crippen LogP contribution in [0.15, 0.2) is 12.3 Å². The van der Waals surface area contributed by atoms with Crippen molar-refractivity contribution in [1.82, 2.24) is 9.78 Å². The quantitative estimate of drug-likeness (QED) is 0.747. The topological polar surface area (TPSA) is 70.1 Å². The van der Waals surface area contributed by atoms with Crippen molar-refractivity contribution < 1.29 is 9.53 Å². The fourth-order valence-electron chi connectivity index (χ4n) is 1.40. The maximum Gasteiger partial charge on any atom is 0.330 e. The van der Waals surface area contributed by atoms with Crippen molar-refractivity contribution in [1.29, 1.82) is 0 Å². The van der Waals surface area contributed by atoms with E-state index in [0.717, 1.165) is 6.42 Å². The van der Waals surface area contributed by atoms with Crippen LogP contribution in [0.25, 0.3) is 0 Å². The molecule has 0 saturated heterocycles. The SMILES string of the molecule is CCCC(C(=O)OCC)n1ccc(N)n1. The molecule has 0 spiro atoms. The molecule has 1 rings (SSSR count). The minimum absolute atomic E-state index is 0.248. The summed E-state index contributed by atoms with van der Waals surface area (Å²) < 4.78 is 6.55. The highest BCUT2D eigenvalue weighted by atomic mass is 16.5. The Morgan fingerprint density at radius 3 is 2.87 bits per heavy atom. The van der Waals surface area contributed by atoms with Crippen LogP contribution in [-0.2, 0) is 9.53 Å². The number of hydrogen-bond acceptors (Lipinski definition) is 4. The molecule has 1 aromatic rings. The van der Waals surface area contributed by atoms with Gasteiger partial charge in [-0.2, -0.15) is 5.10 Å². The summed E-state index contributed by atoms with van der Waals surface area (Å²) in [6.45, 7) is 4.19. The monoisotopic (exact) mass is 211 g/mol. The van der Waals surface area contributed by atoms with Crippen LogP contribution in [0.1, 0.15) is 32.7 Å². The van der Waals surface area contributed by atoms with Crippen LogP contribution in [0, 0.1) is 0 Å². The lowest BCUT2D eigenvalue weighted by Gasteiger charge is -2.14. The van der Waals surface area contributed by atoms with Crippen molar-refractivity contribution in [2.75, 3.05) is 12.3 Å². The zero-order valence-electron chi connectivity index (χ0n) is 9.14. The lowest BCUT2D eigenvalue weighted by atomic mass is 10.2. The summed E-state index contributed by atoms with van der Waals surface area (Å²) in [5.74, 6) is 0.169. The molecule has 0 saturated carbocycles. The van der Waals surface area contributed by atoms with Crippen LogP contribution < -0.4 is 5.73 Å². The van der Waals surface area contributed by atoms with Gasteiger partial charge in [-0.1, -0.05) is 13.3 Å². The molecule has 0 aliphatic rings. The first-order valence-corrected chi connectivity index (χ1v) is 5.16. The maximum atomic E-state index is 11.6. The Labute approximate surface area is 89.2 Å². The molecule has 1 atom stereocenters. The van der Waals surface area contributed by atoms with Crippen molar-refractivity contribution >= 4 is 11.8 Å². The van der Waals surface area contributed by atoms with E-state index in [-0.39, 0.29) is 12.0 Å².